The lowest BCUT2D eigenvalue weighted by atomic mass is 10.1. The van der Waals surface area contributed by atoms with Crippen LogP contribution in [0, 0.1) is 11.7 Å². The molecule has 2 aromatic rings. The first-order valence-corrected chi connectivity index (χ1v) is 8.30. The molecular formula is C18H15BrFNO3. The lowest BCUT2D eigenvalue weighted by Crippen LogP contribution is -2.27. The number of hydrogen-bond acceptors (Lipinski definition) is 3. The maximum atomic E-state index is 13.8. The van der Waals surface area contributed by atoms with Crippen LogP contribution in [0.1, 0.15) is 12.0 Å². The van der Waals surface area contributed by atoms with Crippen LogP contribution in [0.15, 0.2) is 53.0 Å². The molecule has 2 aromatic carbocycles. The van der Waals surface area contributed by atoms with E-state index < -0.39 is 17.7 Å². The summed E-state index contributed by atoms with van der Waals surface area (Å²) in [6.07, 6.45) is 0.0352. The van der Waals surface area contributed by atoms with Gasteiger partial charge in [-0.2, -0.15) is 0 Å². The molecule has 1 amide bonds. The second-order valence-corrected chi connectivity index (χ2v) is 6.51. The number of anilines is 1. The van der Waals surface area contributed by atoms with E-state index in [-0.39, 0.29) is 31.2 Å². The average Bonchev–Trinajstić information content (AvgIpc) is 2.96. The third-order valence-corrected chi connectivity index (χ3v) is 4.42. The number of nitrogens with zero attached hydrogens (tertiary/aromatic N) is 1. The molecule has 0 spiro atoms. The minimum atomic E-state index is -0.576. The largest absolute Gasteiger partial charge is 0.461 e. The van der Waals surface area contributed by atoms with Crippen LogP contribution in [0.25, 0.3) is 0 Å². The number of ether oxygens (including phenoxy) is 1. The summed E-state index contributed by atoms with van der Waals surface area (Å²) in [5.74, 6) is -1.77. The summed E-state index contributed by atoms with van der Waals surface area (Å²) < 4.78 is 20.1. The van der Waals surface area contributed by atoms with Gasteiger partial charge in [0.25, 0.3) is 0 Å². The Bertz CT molecular complexity index is 763. The lowest BCUT2D eigenvalue weighted by Gasteiger charge is -2.17. The van der Waals surface area contributed by atoms with Gasteiger partial charge in [-0.05, 0) is 29.8 Å². The van der Waals surface area contributed by atoms with E-state index >= 15 is 0 Å². The van der Waals surface area contributed by atoms with Crippen LogP contribution in [0.2, 0.25) is 0 Å². The number of halogens is 2. The van der Waals surface area contributed by atoms with E-state index in [9.17, 15) is 14.0 Å². The highest BCUT2D eigenvalue weighted by Gasteiger charge is 2.37. The molecule has 0 unspecified atom stereocenters. The third kappa shape index (κ3) is 3.64. The molecule has 0 N–H and O–H groups in total. The lowest BCUT2D eigenvalue weighted by molar-refractivity contribution is -0.149. The highest BCUT2D eigenvalue weighted by molar-refractivity contribution is 9.10. The molecule has 6 heteroatoms. The van der Waals surface area contributed by atoms with E-state index in [0.29, 0.717) is 0 Å². The van der Waals surface area contributed by atoms with Crippen molar-refractivity contribution in [1.29, 1.82) is 0 Å². The Kier molecular flexibility index (Phi) is 4.94. The zero-order chi connectivity index (χ0) is 17.1. The Balaban J connectivity index is 1.62. The van der Waals surface area contributed by atoms with Gasteiger partial charge in [0, 0.05) is 17.4 Å². The van der Waals surface area contributed by atoms with E-state index in [4.69, 9.17) is 4.74 Å². The maximum Gasteiger partial charge on any atom is 0.311 e. The second-order valence-electron chi connectivity index (χ2n) is 5.59. The number of carbonyl (C=O) groups is 2. The molecule has 1 aliphatic heterocycles. The molecule has 0 radical (unpaired) electrons. The van der Waals surface area contributed by atoms with Crippen LogP contribution >= 0.6 is 15.9 Å². The van der Waals surface area contributed by atoms with Crippen molar-refractivity contribution in [3.05, 3.63) is 64.4 Å². The van der Waals surface area contributed by atoms with E-state index in [1.807, 2.05) is 24.3 Å². The molecule has 0 aromatic heterocycles. The van der Waals surface area contributed by atoms with Gasteiger partial charge in [-0.15, -0.1) is 0 Å². The quantitative estimate of drug-likeness (QED) is 0.746. The summed E-state index contributed by atoms with van der Waals surface area (Å²) >= 11 is 3.34. The molecule has 1 heterocycles. The van der Waals surface area contributed by atoms with Gasteiger partial charge in [0.2, 0.25) is 5.91 Å². The van der Waals surface area contributed by atoms with Crippen molar-refractivity contribution in [3.8, 4) is 0 Å². The van der Waals surface area contributed by atoms with Gasteiger partial charge >= 0.3 is 5.97 Å². The fraction of sp³-hybridized carbons (Fsp3) is 0.222. The second kappa shape index (κ2) is 7.13. The Labute approximate surface area is 147 Å². The molecule has 4 nitrogen and oxygen atoms in total. The van der Waals surface area contributed by atoms with Crippen molar-refractivity contribution in [2.75, 3.05) is 11.4 Å². The Morgan fingerprint density at radius 1 is 1.21 bits per heavy atom. The predicted octanol–water partition coefficient (Wildman–Crippen LogP) is 3.68. The Hall–Kier alpha value is -2.21. The first-order valence-electron chi connectivity index (χ1n) is 7.50. The summed E-state index contributed by atoms with van der Waals surface area (Å²) in [6, 6.07) is 13.5. The van der Waals surface area contributed by atoms with Gasteiger partial charge in [0.15, 0.2) is 0 Å². The summed E-state index contributed by atoms with van der Waals surface area (Å²) in [7, 11) is 0. The fourth-order valence-corrected chi connectivity index (χ4v) is 2.89. The zero-order valence-corrected chi connectivity index (χ0v) is 14.3. The first kappa shape index (κ1) is 16.6. The van der Waals surface area contributed by atoms with E-state index in [1.165, 1.54) is 17.0 Å². The molecule has 0 aliphatic carbocycles. The van der Waals surface area contributed by atoms with E-state index in [2.05, 4.69) is 15.9 Å². The third-order valence-electron chi connectivity index (χ3n) is 3.90. The number of carbonyl (C=O) groups excluding carboxylic acids is 2. The number of amides is 1. The molecule has 24 heavy (non-hydrogen) atoms. The van der Waals surface area contributed by atoms with Crippen LogP contribution in [0.5, 0.6) is 0 Å². The normalized spacial score (nSPS) is 17.2. The average molecular weight is 392 g/mol. The number of benzene rings is 2. The van der Waals surface area contributed by atoms with Gasteiger partial charge in [0.05, 0.1) is 11.6 Å². The molecule has 0 bridgehead atoms. The number of hydrogen-bond donors (Lipinski definition) is 0. The first-order chi connectivity index (χ1) is 11.5. The van der Waals surface area contributed by atoms with Crippen molar-refractivity contribution in [1.82, 2.24) is 0 Å². The minimum absolute atomic E-state index is 0.0352. The molecular weight excluding hydrogens is 377 g/mol. The van der Waals surface area contributed by atoms with Crippen molar-refractivity contribution < 1.29 is 18.7 Å². The van der Waals surface area contributed by atoms with Crippen LogP contribution in [0.3, 0.4) is 0 Å². The van der Waals surface area contributed by atoms with Crippen LogP contribution in [0.4, 0.5) is 10.1 Å². The van der Waals surface area contributed by atoms with Crippen LogP contribution in [-0.2, 0) is 20.9 Å². The minimum Gasteiger partial charge on any atom is -0.461 e. The zero-order valence-electron chi connectivity index (χ0n) is 12.7. The number of esters is 1. The molecule has 1 aliphatic rings. The van der Waals surface area contributed by atoms with E-state index in [1.54, 1.807) is 12.1 Å². The predicted molar refractivity (Wildman–Crippen MR) is 90.8 cm³/mol. The van der Waals surface area contributed by atoms with Gasteiger partial charge in [-0.3, -0.25) is 9.59 Å². The Morgan fingerprint density at radius 2 is 1.92 bits per heavy atom. The van der Waals surface area contributed by atoms with E-state index in [0.717, 1.165) is 10.0 Å². The monoisotopic (exact) mass is 391 g/mol. The van der Waals surface area contributed by atoms with Gasteiger partial charge in [-0.1, -0.05) is 40.2 Å². The van der Waals surface area contributed by atoms with Gasteiger partial charge in [-0.25, -0.2) is 4.39 Å². The van der Waals surface area contributed by atoms with Crippen molar-refractivity contribution >= 4 is 33.5 Å². The Morgan fingerprint density at radius 3 is 2.62 bits per heavy atom. The van der Waals surface area contributed by atoms with Gasteiger partial charge in [0.1, 0.15) is 12.4 Å². The highest BCUT2D eigenvalue weighted by Crippen LogP contribution is 2.28. The van der Waals surface area contributed by atoms with Crippen molar-refractivity contribution in [2.45, 2.75) is 13.0 Å². The van der Waals surface area contributed by atoms with Crippen molar-refractivity contribution in [2.24, 2.45) is 5.92 Å². The SMILES string of the molecule is O=C(OCc1ccc(Br)cc1)[C@H]1CC(=O)N(c2ccccc2F)C1. The molecule has 0 saturated carbocycles. The smallest absolute Gasteiger partial charge is 0.311 e. The summed E-state index contributed by atoms with van der Waals surface area (Å²) in [5.41, 5.74) is 1.06. The summed E-state index contributed by atoms with van der Waals surface area (Å²) in [4.78, 5) is 25.6. The highest BCUT2D eigenvalue weighted by atomic mass is 79.9. The number of para-hydroxylation sites is 1. The molecule has 1 fully saturated rings. The molecule has 124 valence electrons. The summed E-state index contributed by atoms with van der Waals surface area (Å²) in [5, 5.41) is 0. The molecule has 1 saturated heterocycles. The molecule has 1 atom stereocenters. The summed E-state index contributed by atoms with van der Waals surface area (Å²) in [6.45, 7) is 0.287. The standard InChI is InChI=1S/C18H15BrFNO3/c19-14-7-5-12(6-8-14)11-24-18(23)13-9-17(22)21(10-13)16-4-2-1-3-15(16)20/h1-8,13H,9-11H2/t13-/m0/s1. The number of rotatable bonds is 4. The van der Waals surface area contributed by atoms with Crippen LogP contribution < -0.4 is 4.90 Å². The maximum absolute atomic E-state index is 13.8. The van der Waals surface area contributed by atoms with Gasteiger partial charge < -0.3 is 9.64 Å². The topological polar surface area (TPSA) is 46.6 Å². The van der Waals surface area contributed by atoms with Crippen molar-refractivity contribution in [3.63, 3.8) is 0 Å². The fourth-order valence-electron chi connectivity index (χ4n) is 2.62. The van der Waals surface area contributed by atoms with Crippen LogP contribution in [-0.4, -0.2) is 18.4 Å². The molecule has 3 rings (SSSR count).